The zero-order valence-electron chi connectivity index (χ0n) is 12.7. The number of sulfonamides is 1. The number of benzene rings is 1. The first-order valence-corrected chi connectivity index (χ1v) is 8.24. The summed E-state index contributed by atoms with van der Waals surface area (Å²) in [6, 6.07) is 2.47. The highest BCUT2D eigenvalue weighted by atomic mass is 32.2. The molecule has 0 bridgehead atoms. The number of hydrogen-bond donors (Lipinski definition) is 1. The minimum Gasteiger partial charge on any atom is -0.383 e. The number of methoxy groups -OCH3 is 1. The van der Waals surface area contributed by atoms with E-state index in [0.717, 1.165) is 0 Å². The van der Waals surface area contributed by atoms with E-state index in [1.807, 2.05) is 0 Å². The summed E-state index contributed by atoms with van der Waals surface area (Å²) in [5, 5.41) is 0. The van der Waals surface area contributed by atoms with Crippen molar-refractivity contribution in [3.8, 4) is 0 Å². The molecule has 7 heteroatoms. The summed E-state index contributed by atoms with van der Waals surface area (Å²) in [4.78, 5) is 0.164. The molecule has 1 aromatic rings. The molecule has 0 saturated carbocycles. The number of aryl methyl sites for hydroxylation is 2. The van der Waals surface area contributed by atoms with Gasteiger partial charge in [-0.1, -0.05) is 0 Å². The third kappa shape index (κ3) is 4.47. The number of nitrogens with two attached hydrogens (primary N) is 1. The van der Waals surface area contributed by atoms with Crippen molar-refractivity contribution < 1.29 is 17.5 Å². The molecule has 0 aliphatic heterocycles. The van der Waals surface area contributed by atoms with Crippen LogP contribution in [0.3, 0.4) is 0 Å². The molecule has 0 unspecified atom stereocenters. The average Bonchev–Trinajstić information content (AvgIpc) is 2.36. The van der Waals surface area contributed by atoms with Crippen LogP contribution in [0.2, 0.25) is 0 Å². The maximum atomic E-state index is 13.4. The first-order chi connectivity index (χ1) is 9.84. The zero-order chi connectivity index (χ0) is 16.0. The zero-order valence-corrected chi connectivity index (χ0v) is 13.5. The predicted molar refractivity (Wildman–Crippen MR) is 80.2 cm³/mol. The van der Waals surface area contributed by atoms with Gasteiger partial charge in [-0.3, -0.25) is 0 Å². The maximum Gasteiger partial charge on any atom is 0.243 e. The van der Waals surface area contributed by atoms with Crippen molar-refractivity contribution in [1.82, 2.24) is 4.31 Å². The maximum absolute atomic E-state index is 13.4. The molecule has 0 aliphatic rings. The van der Waals surface area contributed by atoms with E-state index in [1.165, 1.54) is 23.5 Å². The molecule has 0 radical (unpaired) electrons. The van der Waals surface area contributed by atoms with Crippen LogP contribution < -0.4 is 5.73 Å². The summed E-state index contributed by atoms with van der Waals surface area (Å²) >= 11 is 0. The monoisotopic (exact) mass is 318 g/mol. The standard InChI is InChI=1S/C14H23FN2O3S/c1-11-9-13(15)10-12(2)14(11)21(18,19)17(6-4-5-16)7-8-20-3/h9-10H,4-8,16H2,1-3H3. The Hall–Kier alpha value is -1.02. The molecule has 0 amide bonds. The smallest absolute Gasteiger partial charge is 0.243 e. The van der Waals surface area contributed by atoms with Gasteiger partial charge in [0.05, 0.1) is 11.5 Å². The second-order valence-electron chi connectivity index (χ2n) is 4.91. The molecule has 21 heavy (non-hydrogen) atoms. The SMILES string of the molecule is COCCN(CCCN)S(=O)(=O)c1c(C)cc(F)cc1C. The van der Waals surface area contributed by atoms with E-state index in [1.54, 1.807) is 13.8 Å². The molecular weight excluding hydrogens is 295 g/mol. The Morgan fingerprint density at radius 3 is 2.29 bits per heavy atom. The number of ether oxygens (including phenoxy) is 1. The van der Waals surface area contributed by atoms with Crippen LogP contribution in [0.1, 0.15) is 17.5 Å². The van der Waals surface area contributed by atoms with Crippen molar-refractivity contribution in [2.75, 3.05) is 33.4 Å². The van der Waals surface area contributed by atoms with Crippen molar-refractivity contribution in [2.24, 2.45) is 5.73 Å². The summed E-state index contributed by atoms with van der Waals surface area (Å²) in [5.41, 5.74) is 6.28. The molecule has 1 rings (SSSR count). The van der Waals surface area contributed by atoms with E-state index in [9.17, 15) is 12.8 Å². The fourth-order valence-electron chi connectivity index (χ4n) is 2.25. The predicted octanol–water partition coefficient (Wildman–Crippen LogP) is 1.43. The van der Waals surface area contributed by atoms with E-state index in [2.05, 4.69) is 0 Å². The highest BCUT2D eigenvalue weighted by Crippen LogP contribution is 2.25. The summed E-state index contributed by atoms with van der Waals surface area (Å²) in [6.07, 6.45) is 0.558. The molecule has 0 heterocycles. The molecule has 2 N–H and O–H groups in total. The van der Waals surface area contributed by atoms with Gasteiger partial charge in [0.2, 0.25) is 10.0 Å². The molecule has 0 spiro atoms. The van der Waals surface area contributed by atoms with E-state index < -0.39 is 15.8 Å². The Balaban J connectivity index is 3.21. The second-order valence-corrected chi connectivity index (χ2v) is 6.78. The van der Waals surface area contributed by atoms with Crippen LogP contribution in [0.5, 0.6) is 0 Å². The van der Waals surface area contributed by atoms with Crippen LogP contribution in [0.15, 0.2) is 17.0 Å². The third-order valence-corrected chi connectivity index (χ3v) is 5.38. The van der Waals surface area contributed by atoms with Crippen LogP contribution >= 0.6 is 0 Å². The Labute approximate surface area is 125 Å². The second kappa shape index (κ2) is 7.84. The van der Waals surface area contributed by atoms with E-state index in [-0.39, 0.29) is 11.4 Å². The molecule has 120 valence electrons. The van der Waals surface area contributed by atoms with Gasteiger partial charge in [0, 0.05) is 20.2 Å². The van der Waals surface area contributed by atoms with Crippen LogP contribution in [0.25, 0.3) is 0 Å². The fraction of sp³-hybridized carbons (Fsp3) is 0.571. The number of nitrogens with zero attached hydrogens (tertiary/aromatic N) is 1. The van der Waals surface area contributed by atoms with Crippen molar-refractivity contribution >= 4 is 10.0 Å². The number of halogens is 1. The van der Waals surface area contributed by atoms with E-state index in [0.29, 0.717) is 37.2 Å². The van der Waals surface area contributed by atoms with Gasteiger partial charge in [-0.2, -0.15) is 4.31 Å². The van der Waals surface area contributed by atoms with Crippen LogP contribution in [0, 0.1) is 19.7 Å². The Morgan fingerprint density at radius 1 is 1.24 bits per heavy atom. The van der Waals surface area contributed by atoms with Crippen molar-refractivity contribution in [1.29, 1.82) is 0 Å². The van der Waals surface area contributed by atoms with Gasteiger partial charge in [-0.05, 0) is 50.1 Å². The highest BCUT2D eigenvalue weighted by Gasteiger charge is 2.27. The third-order valence-electron chi connectivity index (χ3n) is 3.18. The quantitative estimate of drug-likeness (QED) is 0.787. The summed E-state index contributed by atoms with van der Waals surface area (Å²) < 4.78 is 45.3. The first kappa shape index (κ1) is 18.0. The van der Waals surface area contributed by atoms with Crippen LogP contribution in [0.4, 0.5) is 4.39 Å². The summed E-state index contributed by atoms with van der Waals surface area (Å²) in [5.74, 6) is -0.436. The lowest BCUT2D eigenvalue weighted by atomic mass is 10.1. The highest BCUT2D eigenvalue weighted by molar-refractivity contribution is 7.89. The molecule has 0 fully saturated rings. The van der Waals surface area contributed by atoms with Gasteiger partial charge in [0.25, 0.3) is 0 Å². The molecule has 0 aliphatic carbocycles. The van der Waals surface area contributed by atoms with Gasteiger partial charge in [-0.15, -0.1) is 0 Å². The van der Waals surface area contributed by atoms with Gasteiger partial charge in [0.15, 0.2) is 0 Å². The molecule has 0 aromatic heterocycles. The van der Waals surface area contributed by atoms with Crippen molar-refractivity contribution in [3.63, 3.8) is 0 Å². The molecule has 5 nitrogen and oxygen atoms in total. The van der Waals surface area contributed by atoms with Crippen molar-refractivity contribution in [2.45, 2.75) is 25.2 Å². The van der Waals surface area contributed by atoms with Gasteiger partial charge < -0.3 is 10.5 Å². The molecular formula is C14H23FN2O3S. The minimum atomic E-state index is -3.69. The van der Waals surface area contributed by atoms with Crippen molar-refractivity contribution in [3.05, 3.63) is 29.1 Å². The van der Waals surface area contributed by atoms with Crippen LogP contribution in [-0.2, 0) is 14.8 Å². The summed E-state index contributed by atoms with van der Waals surface area (Å²) in [7, 11) is -2.18. The van der Waals surface area contributed by atoms with Gasteiger partial charge in [0.1, 0.15) is 5.82 Å². The Bertz CT molecular complexity index is 545. The lowest BCUT2D eigenvalue weighted by Gasteiger charge is -2.23. The Kier molecular flexibility index (Phi) is 6.73. The normalized spacial score (nSPS) is 12.1. The Morgan fingerprint density at radius 2 is 1.81 bits per heavy atom. The number of rotatable bonds is 8. The number of hydrogen-bond acceptors (Lipinski definition) is 4. The van der Waals surface area contributed by atoms with E-state index >= 15 is 0 Å². The molecule has 1 aromatic carbocycles. The minimum absolute atomic E-state index is 0.164. The van der Waals surface area contributed by atoms with E-state index in [4.69, 9.17) is 10.5 Å². The molecule has 0 atom stereocenters. The average molecular weight is 318 g/mol. The molecule has 0 saturated heterocycles. The lowest BCUT2D eigenvalue weighted by Crippen LogP contribution is -2.36. The fourth-order valence-corrected chi connectivity index (χ4v) is 4.12. The lowest BCUT2D eigenvalue weighted by molar-refractivity contribution is 0.178. The topological polar surface area (TPSA) is 72.6 Å². The van der Waals surface area contributed by atoms with Gasteiger partial charge >= 0.3 is 0 Å². The first-order valence-electron chi connectivity index (χ1n) is 6.80. The largest absolute Gasteiger partial charge is 0.383 e. The van der Waals surface area contributed by atoms with Gasteiger partial charge in [-0.25, -0.2) is 12.8 Å². The van der Waals surface area contributed by atoms with Crippen LogP contribution in [-0.4, -0.2) is 46.1 Å². The summed E-state index contributed by atoms with van der Waals surface area (Å²) in [6.45, 7) is 4.46.